The van der Waals surface area contributed by atoms with Gasteiger partial charge in [-0.05, 0) is 41.7 Å². The van der Waals surface area contributed by atoms with Gasteiger partial charge in [0.05, 0.1) is 15.4 Å². The van der Waals surface area contributed by atoms with Crippen molar-refractivity contribution in [2.75, 3.05) is 0 Å². The third-order valence-corrected chi connectivity index (χ3v) is 8.61. The van der Waals surface area contributed by atoms with Gasteiger partial charge in [0.2, 0.25) is 0 Å². The summed E-state index contributed by atoms with van der Waals surface area (Å²) in [5.41, 5.74) is -0.599. The smallest absolute Gasteiger partial charge is 0.325 e. The van der Waals surface area contributed by atoms with Gasteiger partial charge < -0.3 is 5.11 Å². The van der Waals surface area contributed by atoms with Crippen molar-refractivity contribution in [2.45, 2.75) is 28.5 Å². The maximum atomic E-state index is 12.8. The zero-order valence-electron chi connectivity index (χ0n) is 14.6. The number of nitrogens with zero attached hydrogens (tertiary/aromatic N) is 1. The first-order valence-electron chi connectivity index (χ1n) is 8.40. The second kappa shape index (κ2) is 7.24. The normalized spacial score (nSPS) is 21.4. The van der Waals surface area contributed by atoms with Crippen molar-refractivity contribution < 1.29 is 27.1 Å². The number of aromatic nitrogens is 1. The maximum Gasteiger partial charge on any atom is 0.325 e. The van der Waals surface area contributed by atoms with Gasteiger partial charge in [-0.1, -0.05) is 30.3 Å². The monoisotopic (exact) mass is 456 g/mol. The number of nitrogens with one attached hydrogen (secondary N) is 1. The third kappa shape index (κ3) is 3.70. The molecular weight excluding hydrogens is 442 g/mol. The molecule has 0 bridgehead atoms. The largest absolute Gasteiger partial charge is 0.480 e. The van der Waals surface area contributed by atoms with E-state index in [0.717, 1.165) is 16.9 Å². The van der Waals surface area contributed by atoms with Crippen LogP contribution in [0.15, 0.2) is 52.7 Å². The first kappa shape index (κ1) is 20.1. The van der Waals surface area contributed by atoms with E-state index in [1.54, 1.807) is 30.3 Å². The second-order valence-corrected chi connectivity index (χ2v) is 10.4. The Balaban J connectivity index is 1.59. The van der Waals surface area contributed by atoms with Crippen molar-refractivity contribution in [3.8, 4) is 10.6 Å². The van der Waals surface area contributed by atoms with E-state index in [0.29, 0.717) is 16.4 Å². The van der Waals surface area contributed by atoms with E-state index in [1.165, 1.54) is 18.2 Å². The van der Waals surface area contributed by atoms with Crippen molar-refractivity contribution in [3.63, 3.8) is 0 Å². The summed E-state index contributed by atoms with van der Waals surface area (Å²) in [7, 11) is -4.12. The summed E-state index contributed by atoms with van der Waals surface area (Å²) < 4.78 is 57.3. The summed E-state index contributed by atoms with van der Waals surface area (Å²) in [5.74, 6) is -1.71. The lowest BCUT2D eigenvalue weighted by molar-refractivity contribution is -0.140. The van der Waals surface area contributed by atoms with Crippen LogP contribution in [0.25, 0.3) is 10.6 Å². The van der Waals surface area contributed by atoms with E-state index in [9.17, 15) is 27.1 Å². The predicted molar refractivity (Wildman–Crippen MR) is 105 cm³/mol. The predicted octanol–water partition coefficient (Wildman–Crippen LogP) is 4.10. The molecule has 152 valence electrons. The molecule has 1 saturated carbocycles. The number of carboxylic acid groups (broad SMARTS) is 1. The van der Waals surface area contributed by atoms with Crippen LogP contribution in [0, 0.1) is 0 Å². The van der Waals surface area contributed by atoms with Crippen LogP contribution in [0.4, 0.5) is 8.78 Å². The fraction of sp³-hybridized carbons (Fsp3) is 0.222. The van der Waals surface area contributed by atoms with Gasteiger partial charge in [-0.25, -0.2) is 17.2 Å². The van der Waals surface area contributed by atoms with E-state index in [2.05, 4.69) is 9.10 Å². The van der Waals surface area contributed by atoms with Gasteiger partial charge >= 0.3 is 5.97 Å². The highest BCUT2D eigenvalue weighted by Crippen LogP contribution is 2.52. The molecule has 0 saturated heterocycles. The number of hydrogen-bond donors (Lipinski definition) is 2. The standard InChI is InChI=1S/C18H14F2N2O4S3/c19-16(20)14-8-12(21-28-14)13-6-7-15(27-13)29(25,26)22-18(17(23)24)9-11(18)10-4-2-1-3-5-10/h1-8,11,16,22H,9H2,(H,23,24)/t11-,18-/m0/s1. The molecule has 1 aromatic carbocycles. The minimum Gasteiger partial charge on any atom is -0.480 e. The molecule has 1 aliphatic rings. The minimum absolute atomic E-state index is 0.0987. The lowest BCUT2D eigenvalue weighted by Gasteiger charge is -2.14. The molecule has 4 rings (SSSR count). The number of sulfonamides is 1. The fourth-order valence-corrected chi connectivity index (χ4v) is 6.47. The lowest BCUT2D eigenvalue weighted by atomic mass is 10.1. The molecule has 0 spiro atoms. The molecule has 1 aliphatic carbocycles. The molecule has 6 nitrogen and oxygen atoms in total. The molecular formula is C18H14F2N2O4S3. The Morgan fingerprint density at radius 2 is 1.97 bits per heavy atom. The Hall–Kier alpha value is -2.21. The average molecular weight is 457 g/mol. The van der Waals surface area contributed by atoms with Gasteiger partial charge in [-0.15, -0.1) is 11.3 Å². The van der Waals surface area contributed by atoms with Crippen molar-refractivity contribution in [1.29, 1.82) is 0 Å². The van der Waals surface area contributed by atoms with Crippen molar-refractivity contribution in [2.24, 2.45) is 0 Å². The Morgan fingerprint density at radius 3 is 2.59 bits per heavy atom. The average Bonchev–Trinajstić information content (AvgIpc) is 3.06. The number of carbonyl (C=O) groups is 1. The van der Waals surface area contributed by atoms with Gasteiger partial charge in [0, 0.05) is 5.92 Å². The Kier molecular flexibility index (Phi) is 5.01. The molecule has 0 radical (unpaired) electrons. The van der Waals surface area contributed by atoms with Crippen molar-refractivity contribution in [1.82, 2.24) is 9.10 Å². The van der Waals surface area contributed by atoms with E-state index in [1.807, 2.05) is 0 Å². The number of hydrogen-bond acceptors (Lipinski definition) is 6. The van der Waals surface area contributed by atoms with E-state index in [-0.39, 0.29) is 21.2 Å². The van der Waals surface area contributed by atoms with Gasteiger partial charge in [0.25, 0.3) is 16.4 Å². The van der Waals surface area contributed by atoms with Crippen LogP contribution in [0.5, 0.6) is 0 Å². The number of halogens is 2. The fourth-order valence-electron chi connectivity index (χ4n) is 3.14. The van der Waals surface area contributed by atoms with Gasteiger partial charge in [-0.2, -0.15) is 9.10 Å². The summed E-state index contributed by atoms with van der Waals surface area (Å²) in [4.78, 5) is 12.1. The molecule has 3 aromatic rings. The summed E-state index contributed by atoms with van der Waals surface area (Å²) in [6.07, 6.45) is -2.50. The molecule has 29 heavy (non-hydrogen) atoms. The molecule has 0 unspecified atom stereocenters. The van der Waals surface area contributed by atoms with Crippen LogP contribution in [-0.4, -0.2) is 29.4 Å². The van der Waals surface area contributed by atoms with E-state index < -0.39 is 33.9 Å². The second-order valence-electron chi connectivity index (χ2n) is 6.58. The molecule has 2 atom stereocenters. The molecule has 11 heteroatoms. The first-order chi connectivity index (χ1) is 13.7. The Bertz CT molecular complexity index is 1160. The minimum atomic E-state index is -4.12. The number of alkyl halides is 2. The Morgan fingerprint density at radius 1 is 1.24 bits per heavy atom. The van der Waals surface area contributed by atoms with Crippen LogP contribution in [0.3, 0.4) is 0 Å². The number of aliphatic carboxylic acids is 1. The zero-order chi connectivity index (χ0) is 20.8. The van der Waals surface area contributed by atoms with Crippen LogP contribution in [0.2, 0.25) is 0 Å². The first-order valence-corrected chi connectivity index (χ1v) is 11.5. The topological polar surface area (TPSA) is 96.4 Å². The summed E-state index contributed by atoms with van der Waals surface area (Å²) in [5, 5.41) is 9.68. The van der Waals surface area contributed by atoms with Crippen LogP contribution in [-0.2, 0) is 14.8 Å². The van der Waals surface area contributed by atoms with Crippen LogP contribution >= 0.6 is 22.9 Å². The third-order valence-electron chi connectivity index (χ3n) is 4.70. The number of thiophene rings is 1. The molecule has 2 heterocycles. The maximum absolute atomic E-state index is 12.8. The van der Waals surface area contributed by atoms with Crippen LogP contribution in [0.1, 0.15) is 29.2 Å². The van der Waals surface area contributed by atoms with Crippen molar-refractivity contribution in [3.05, 3.63) is 59.0 Å². The summed E-state index contributed by atoms with van der Waals surface area (Å²) >= 11 is 1.51. The van der Waals surface area contributed by atoms with Gasteiger partial charge in [-0.3, -0.25) is 4.79 Å². The Labute approximate surface area is 173 Å². The van der Waals surface area contributed by atoms with E-state index in [4.69, 9.17) is 0 Å². The number of carboxylic acids is 1. The molecule has 2 N–H and O–H groups in total. The molecule has 1 fully saturated rings. The molecule has 0 aliphatic heterocycles. The van der Waals surface area contributed by atoms with Gasteiger partial charge in [0.15, 0.2) is 0 Å². The lowest BCUT2D eigenvalue weighted by Crippen LogP contribution is -2.44. The summed E-state index contributed by atoms with van der Waals surface area (Å²) in [6.45, 7) is 0. The highest BCUT2D eigenvalue weighted by atomic mass is 32.2. The van der Waals surface area contributed by atoms with Crippen LogP contribution < -0.4 is 4.72 Å². The number of rotatable bonds is 7. The highest BCUT2D eigenvalue weighted by molar-refractivity contribution is 7.91. The zero-order valence-corrected chi connectivity index (χ0v) is 17.0. The van der Waals surface area contributed by atoms with E-state index >= 15 is 0 Å². The molecule has 2 aromatic heterocycles. The quantitative estimate of drug-likeness (QED) is 0.558. The van der Waals surface area contributed by atoms with Gasteiger partial charge in [0.1, 0.15) is 9.75 Å². The number of benzene rings is 1. The highest BCUT2D eigenvalue weighted by Gasteiger charge is 2.63. The SMILES string of the molecule is O=C(O)[C@]1(NS(=O)(=O)c2ccc(-c3cc(C(F)F)sn3)s2)C[C@H]1c1ccccc1. The molecule has 0 amide bonds. The van der Waals surface area contributed by atoms with Crippen molar-refractivity contribution >= 4 is 38.9 Å². The summed E-state index contributed by atoms with van der Waals surface area (Å²) in [6, 6.07) is 12.9.